The van der Waals surface area contributed by atoms with Crippen LogP contribution in [0.1, 0.15) is 46.0 Å². The first-order valence-electron chi connectivity index (χ1n) is 6.93. The van der Waals surface area contributed by atoms with Crippen molar-refractivity contribution in [2.24, 2.45) is 0 Å². The number of anilines is 1. The highest BCUT2D eigenvalue weighted by molar-refractivity contribution is 5.28. The Labute approximate surface area is 110 Å². The number of hydrogen-bond acceptors (Lipinski definition) is 3. The molecule has 1 saturated carbocycles. The van der Waals surface area contributed by atoms with Crippen LogP contribution in [-0.2, 0) is 11.3 Å². The van der Waals surface area contributed by atoms with Crippen molar-refractivity contribution < 1.29 is 4.74 Å². The van der Waals surface area contributed by atoms with Gasteiger partial charge in [-0.3, -0.25) is 0 Å². The lowest BCUT2D eigenvalue weighted by Gasteiger charge is -2.27. The van der Waals surface area contributed by atoms with Crippen LogP contribution < -0.4 is 5.32 Å². The van der Waals surface area contributed by atoms with Gasteiger partial charge in [0.15, 0.2) is 0 Å². The average molecular weight is 251 g/mol. The molecule has 0 unspecified atom stereocenters. The smallest absolute Gasteiger partial charge is 0.203 e. The number of ether oxygens (including phenoxy) is 1. The third kappa shape index (κ3) is 3.48. The minimum atomic E-state index is -0.163. The number of nitrogens with one attached hydrogen (secondary N) is 1. The van der Waals surface area contributed by atoms with Crippen LogP contribution >= 0.6 is 0 Å². The second kappa shape index (κ2) is 5.74. The lowest BCUT2D eigenvalue weighted by Crippen LogP contribution is -2.31. The number of hydrogen-bond donors (Lipinski definition) is 1. The molecule has 1 aromatic heterocycles. The monoisotopic (exact) mass is 251 g/mol. The average Bonchev–Trinajstić information content (AvgIpc) is 2.77. The minimum Gasteiger partial charge on any atom is -0.377 e. The minimum absolute atomic E-state index is 0.163. The quantitative estimate of drug-likeness (QED) is 0.874. The van der Waals surface area contributed by atoms with Crippen LogP contribution in [0.3, 0.4) is 0 Å². The number of nitrogens with zero attached hydrogens (tertiary/aromatic N) is 2. The molecule has 18 heavy (non-hydrogen) atoms. The number of rotatable bonds is 5. The lowest BCUT2D eigenvalue weighted by molar-refractivity contribution is 0.00854. The van der Waals surface area contributed by atoms with Crippen molar-refractivity contribution in [3.63, 3.8) is 0 Å². The van der Waals surface area contributed by atoms with Crippen LogP contribution in [0.15, 0.2) is 12.4 Å². The van der Waals surface area contributed by atoms with Crippen LogP contribution in [0.4, 0.5) is 5.95 Å². The highest BCUT2D eigenvalue weighted by atomic mass is 16.5. The van der Waals surface area contributed by atoms with E-state index in [4.69, 9.17) is 4.74 Å². The molecule has 1 fully saturated rings. The highest BCUT2D eigenvalue weighted by Crippen LogP contribution is 2.22. The van der Waals surface area contributed by atoms with E-state index in [-0.39, 0.29) is 5.60 Å². The summed E-state index contributed by atoms with van der Waals surface area (Å²) in [6.07, 6.45) is 10.5. The summed E-state index contributed by atoms with van der Waals surface area (Å²) >= 11 is 0. The highest BCUT2D eigenvalue weighted by Gasteiger charge is 2.20. The van der Waals surface area contributed by atoms with Gasteiger partial charge in [0.25, 0.3) is 0 Å². The van der Waals surface area contributed by atoms with E-state index in [1.807, 2.05) is 12.4 Å². The Balaban J connectivity index is 1.98. The summed E-state index contributed by atoms with van der Waals surface area (Å²) in [7, 11) is 1.76. The molecule has 4 nitrogen and oxygen atoms in total. The first kappa shape index (κ1) is 13.4. The Morgan fingerprint density at radius 1 is 1.39 bits per heavy atom. The fourth-order valence-corrected chi connectivity index (χ4v) is 2.48. The largest absolute Gasteiger partial charge is 0.377 e. The molecule has 1 N–H and O–H groups in total. The molecule has 0 bridgehead atoms. The second-order valence-corrected chi connectivity index (χ2v) is 5.82. The summed E-state index contributed by atoms with van der Waals surface area (Å²) in [5, 5.41) is 3.57. The summed E-state index contributed by atoms with van der Waals surface area (Å²) in [5.41, 5.74) is -0.163. The topological polar surface area (TPSA) is 39.1 Å². The number of imidazole rings is 1. The van der Waals surface area contributed by atoms with E-state index in [1.165, 1.54) is 32.1 Å². The Bertz CT molecular complexity index is 367. The normalized spacial score (nSPS) is 17.9. The van der Waals surface area contributed by atoms with Crippen LogP contribution in [0.2, 0.25) is 0 Å². The molecule has 0 atom stereocenters. The fourth-order valence-electron chi connectivity index (χ4n) is 2.48. The zero-order chi connectivity index (χ0) is 13.0. The Kier molecular flexibility index (Phi) is 4.27. The molecule has 1 aliphatic rings. The Morgan fingerprint density at radius 3 is 2.78 bits per heavy atom. The lowest BCUT2D eigenvalue weighted by atomic mass is 9.96. The van der Waals surface area contributed by atoms with Crippen molar-refractivity contribution >= 4 is 5.95 Å². The molecular weight excluding hydrogens is 226 g/mol. The van der Waals surface area contributed by atoms with E-state index in [9.17, 15) is 0 Å². The maximum Gasteiger partial charge on any atom is 0.203 e. The fraction of sp³-hybridized carbons (Fsp3) is 0.786. The Hall–Kier alpha value is -1.03. The van der Waals surface area contributed by atoms with E-state index in [2.05, 4.69) is 28.7 Å². The van der Waals surface area contributed by atoms with Crippen molar-refractivity contribution in [3.8, 4) is 0 Å². The van der Waals surface area contributed by atoms with E-state index < -0.39 is 0 Å². The molecule has 1 heterocycles. The second-order valence-electron chi connectivity index (χ2n) is 5.82. The molecule has 0 radical (unpaired) electrons. The molecule has 102 valence electrons. The number of aromatic nitrogens is 2. The van der Waals surface area contributed by atoms with E-state index in [0.29, 0.717) is 6.04 Å². The summed E-state index contributed by atoms with van der Waals surface area (Å²) in [6, 6.07) is 0.588. The van der Waals surface area contributed by atoms with Gasteiger partial charge in [0.2, 0.25) is 5.95 Å². The van der Waals surface area contributed by atoms with Gasteiger partial charge in [-0.2, -0.15) is 0 Å². The van der Waals surface area contributed by atoms with Crippen molar-refractivity contribution in [1.82, 2.24) is 9.55 Å². The molecule has 0 amide bonds. The predicted molar refractivity (Wildman–Crippen MR) is 73.8 cm³/mol. The molecule has 4 heteroatoms. The van der Waals surface area contributed by atoms with Gasteiger partial charge >= 0.3 is 0 Å². The zero-order valence-corrected chi connectivity index (χ0v) is 11.8. The van der Waals surface area contributed by atoms with E-state index in [0.717, 1.165) is 12.5 Å². The number of methoxy groups -OCH3 is 1. The summed E-state index contributed by atoms with van der Waals surface area (Å²) < 4.78 is 7.63. The first-order chi connectivity index (χ1) is 8.61. The summed E-state index contributed by atoms with van der Waals surface area (Å²) in [5.74, 6) is 0.979. The van der Waals surface area contributed by atoms with Crippen molar-refractivity contribution in [2.75, 3.05) is 12.4 Å². The van der Waals surface area contributed by atoms with Crippen molar-refractivity contribution in [1.29, 1.82) is 0 Å². The van der Waals surface area contributed by atoms with Crippen LogP contribution in [0, 0.1) is 0 Å². The third-order valence-corrected chi connectivity index (χ3v) is 3.76. The predicted octanol–water partition coefficient (Wildman–Crippen LogP) is 3.05. The Morgan fingerprint density at radius 2 is 2.11 bits per heavy atom. The maximum atomic E-state index is 5.48. The molecule has 0 saturated heterocycles. The maximum absolute atomic E-state index is 5.48. The summed E-state index contributed by atoms with van der Waals surface area (Å²) in [6.45, 7) is 5.01. The molecule has 0 spiro atoms. The van der Waals surface area contributed by atoms with Crippen molar-refractivity contribution in [2.45, 2.75) is 64.1 Å². The van der Waals surface area contributed by atoms with Gasteiger partial charge in [-0.15, -0.1) is 0 Å². The first-order valence-corrected chi connectivity index (χ1v) is 6.93. The molecule has 1 aromatic rings. The SMILES string of the molecule is COC(C)(C)Cn1ccnc1NC1CCCCC1. The van der Waals surface area contributed by atoms with Gasteiger partial charge in [-0.05, 0) is 26.7 Å². The van der Waals surface area contributed by atoms with Gasteiger partial charge in [-0.1, -0.05) is 19.3 Å². The van der Waals surface area contributed by atoms with Gasteiger partial charge in [0.1, 0.15) is 0 Å². The van der Waals surface area contributed by atoms with Gasteiger partial charge in [0.05, 0.1) is 12.1 Å². The van der Waals surface area contributed by atoms with Gasteiger partial charge in [-0.25, -0.2) is 4.98 Å². The zero-order valence-electron chi connectivity index (χ0n) is 11.8. The van der Waals surface area contributed by atoms with E-state index >= 15 is 0 Å². The third-order valence-electron chi connectivity index (χ3n) is 3.76. The van der Waals surface area contributed by atoms with Gasteiger partial charge in [0, 0.05) is 25.5 Å². The van der Waals surface area contributed by atoms with Gasteiger partial charge < -0.3 is 14.6 Å². The molecule has 1 aliphatic carbocycles. The molecular formula is C14H25N3O. The van der Waals surface area contributed by atoms with Crippen LogP contribution in [0.25, 0.3) is 0 Å². The standard InChI is InChI=1S/C14H25N3O/c1-14(2,18-3)11-17-10-9-15-13(17)16-12-7-5-4-6-8-12/h9-10,12H,4-8,11H2,1-3H3,(H,15,16). The van der Waals surface area contributed by atoms with E-state index in [1.54, 1.807) is 7.11 Å². The van der Waals surface area contributed by atoms with Crippen LogP contribution in [-0.4, -0.2) is 28.3 Å². The van der Waals surface area contributed by atoms with Crippen molar-refractivity contribution in [3.05, 3.63) is 12.4 Å². The molecule has 0 aromatic carbocycles. The summed E-state index contributed by atoms with van der Waals surface area (Å²) in [4.78, 5) is 4.43. The molecule has 0 aliphatic heterocycles. The molecule has 2 rings (SSSR count). The van der Waals surface area contributed by atoms with Crippen LogP contribution in [0.5, 0.6) is 0 Å².